The van der Waals surface area contributed by atoms with E-state index in [2.05, 4.69) is 9.98 Å². The highest BCUT2D eigenvalue weighted by Crippen LogP contribution is 2.22. The van der Waals surface area contributed by atoms with Crippen LogP contribution in [0.5, 0.6) is 0 Å². The van der Waals surface area contributed by atoms with E-state index in [9.17, 15) is 22.8 Å². The van der Waals surface area contributed by atoms with Gasteiger partial charge in [-0.25, -0.2) is 0 Å². The molecular weight excluding hydrogens is 421 g/mol. The zero-order chi connectivity index (χ0) is 22.6. The van der Waals surface area contributed by atoms with E-state index in [-0.39, 0.29) is 37.0 Å². The highest BCUT2D eigenvalue weighted by atomic mass is 32.2. The molecule has 1 aromatic rings. The summed E-state index contributed by atoms with van der Waals surface area (Å²) in [4.78, 5) is 33.3. The first-order chi connectivity index (χ1) is 14.1. The lowest BCUT2D eigenvalue weighted by Crippen LogP contribution is -2.36. The molecule has 0 fully saturated rings. The number of alkyl halides is 3. The van der Waals surface area contributed by atoms with Crippen molar-refractivity contribution in [3.05, 3.63) is 35.9 Å². The lowest BCUT2D eigenvalue weighted by Gasteiger charge is -2.24. The molecule has 11 heteroatoms. The van der Waals surface area contributed by atoms with Gasteiger partial charge in [0.05, 0.1) is 36.8 Å². The fourth-order valence-electron chi connectivity index (χ4n) is 2.19. The number of esters is 1. The second kappa shape index (κ2) is 12.9. The first kappa shape index (κ1) is 25.5. The number of allylic oxidation sites excluding steroid dienone is 2. The summed E-state index contributed by atoms with van der Waals surface area (Å²) in [5.74, 6) is -0.760. The van der Waals surface area contributed by atoms with Crippen LogP contribution in [0.25, 0.3) is 0 Å². The standard InChI is InChI=1S/C19H25F3N4O3S/c1-14(23)17(13-25-16-4-3-7-24-12-16)26(8-9-29-15(2)27)18(28)5-10-30-11-6-19(20,21)22/h3-4,7,12-13H,5-6,8-11,23H2,1-2H3. The van der Waals surface area contributed by atoms with Crippen molar-refractivity contribution < 1.29 is 27.5 Å². The largest absolute Gasteiger partial charge is 0.464 e. The smallest absolute Gasteiger partial charge is 0.389 e. The Hall–Kier alpha value is -2.56. The van der Waals surface area contributed by atoms with Gasteiger partial charge in [-0.05, 0) is 19.1 Å². The number of carbonyl (C=O) groups is 2. The molecule has 0 aliphatic rings. The van der Waals surface area contributed by atoms with Crippen LogP contribution in [0.4, 0.5) is 18.9 Å². The van der Waals surface area contributed by atoms with Gasteiger partial charge in [0.2, 0.25) is 5.91 Å². The van der Waals surface area contributed by atoms with E-state index in [1.165, 1.54) is 24.2 Å². The van der Waals surface area contributed by atoms with E-state index in [0.29, 0.717) is 17.1 Å². The summed E-state index contributed by atoms with van der Waals surface area (Å²) in [7, 11) is 0. The van der Waals surface area contributed by atoms with Gasteiger partial charge in [0.1, 0.15) is 6.61 Å². The first-order valence-corrected chi connectivity index (χ1v) is 10.2. The SMILES string of the molecule is CC(=O)OCCN(C(=O)CCSCCC(F)(F)F)C(C=Nc1cccnc1)=C(C)N. The third-order valence-electron chi connectivity index (χ3n) is 3.59. The number of hydrogen-bond donors (Lipinski definition) is 1. The molecule has 0 radical (unpaired) electrons. The van der Waals surface area contributed by atoms with Crippen molar-refractivity contribution in [1.29, 1.82) is 0 Å². The number of hydrogen-bond acceptors (Lipinski definition) is 7. The summed E-state index contributed by atoms with van der Waals surface area (Å²) in [6.45, 7) is 2.82. The van der Waals surface area contributed by atoms with Crippen LogP contribution in [0.1, 0.15) is 26.7 Å². The Bertz CT molecular complexity index is 751. The number of carbonyl (C=O) groups excluding carboxylic acids is 2. The van der Waals surface area contributed by atoms with Gasteiger partial charge < -0.3 is 15.4 Å². The number of rotatable bonds is 11. The molecule has 0 saturated carbocycles. The summed E-state index contributed by atoms with van der Waals surface area (Å²) >= 11 is 1.04. The highest BCUT2D eigenvalue weighted by Gasteiger charge is 2.26. The number of aromatic nitrogens is 1. The molecule has 30 heavy (non-hydrogen) atoms. The molecule has 1 heterocycles. The predicted molar refractivity (Wildman–Crippen MR) is 110 cm³/mol. The van der Waals surface area contributed by atoms with Gasteiger partial charge in [0.15, 0.2) is 0 Å². The zero-order valence-electron chi connectivity index (χ0n) is 16.8. The topological polar surface area (TPSA) is 97.9 Å². The van der Waals surface area contributed by atoms with Crippen molar-refractivity contribution in [1.82, 2.24) is 9.88 Å². The molecule has 166 valence electrons. The molecule has 0 aromatic carbocycles. The van der Waals surface area contributed by atoms with Crippen molar-refractivity contribution in [2.45, 2.75) is 32.9 Å². The van der Waals surface area contributed by atoms with E-state index in [4.69, 9.17) is 10.5 Å². The Morgan fingerprint density at radius 2 is 2.07 bits per heavy atom. The molecule has 1 amide bonds. The molecule has 0 unspecified atom stereocenters. The number of amides is 1. The zero-order valence-corrected chi connectivity index (χ0v) is 17.6. The molecule has 1 aromatic heterocycles. The van der Waals surface area contributed by atoms with Crippen LogP contribution in [0.2, 0.25) is 0 Å². The second-order valence-corrected chi connectivity index (χ2v) is 7.38. The normalized spacial score (nSPS) is 12.6. The fraction of sp³-hybridized carbons (Fsp3) is 0.474. The Labute approximate surface area is 177 Å². The number of ether oxygens (including phenoxy) is 1. The Kier molecular flexibility index (Phi) is 10.9. The van der Waals surface area contributed by atoms with Gasteiger partial charge in [-0.15, -0.1) is 0 Å². The second-order valence-electron chi connectivity index (χ2n) is 6.15. The summed E-state index contributed by atoms with van der Waals surface area (Å²) in [6, 6.07) is 3.42. The monoisotopic (exact) mass is 446 g/mol. The molecule has 0 bridgehead atoms. The highest BCUT2D eigenvalue weighted by molar-refractivity contribution is 7.99. The maximum atomic E-state index is 12.7. The molecular formula is C19H25F3N4O3S. The Balaban J connectivity index is 2.84. The third-order valence-corrected chi connectivity index (χ3v) is 4.57. The van der Waals surface area contributed by atoms with Crippen LogP contribution >= 0.6 is 11.8 Å². The maximum absolute atomic E-state index is 12.7. The summed E-state index contributed by atoms with van der Waals surface area (Å²) in [6.07, 6.45) is -0.595. The average Bonchev–Trinajstić information content (AvgIpc) is 2.65. The molecule has 2 N–H and O–H groups in total. The van der Waals surface area contributed by atoms with Crippen LogP contribution < -0.4 is 5.73 Å². The van der Waals surface area contributed by atoms with Crippen molar-refractivity contribution >= 4 is 35.5 Å². The van der Waals surface area contributed by atoms with Crippen LogP contribution in [0.3, 0.4) is 0 Å². The van der Waals surface area contributed by atoms with E-state index in [1.807, 2.05) is 0 Å². The van der Waals surface area contributed by atoms with Gasteiger partial charge in [-0.3, -0.25) is 19.6 Å². The summed E-state index contributed by atoms with van der Waals surface area (Å²) in [5, 5.41) is 0. The minimum atomic E-state index is -4.22. The minimum Gasteiger partial charge on any atom is -0.464 e. The van der Waals surface area contributed by atoms with E-state index >= 15 is 0 Å². The van der Waals surface area contributed by atoms with Gasteiger partial charge in [0, 0.05) is 36.7 Å². The molecule has 7 nitrogen and oxygen atoms in total. The van der Waals surface area contributed by atoms with Crippen LogP contribution in [-0.4, -0.2) is 58.8 Å². The van der Waals surface area contributed by atoms with Gasteiger partial charge in [-0.2, -0.15) is 24.9 Å². The number of nitrogens with zero attached hydrogens (tertiary/aromatic N) is 3. The molecule has 0 spiro atoms. The lowest BCUT2D eigenvalue weighted by atomic mass is 10.2. The predicted octanol–water partition coefficient (Wildman–Crippen LogP) is 3.44. The number of thioether (sulfide) groups is 1. The molecule has 0 aliphatic carbocycles. The van der Waals surface area contributed by atoms with Gasteiger partial charge in [0.25, 0.3) is 0 Å². The van der Waals surface area contributed by atoms with Gasteiger partial charge >= 0.3 is 12.1 Å². The van der Waals surface area contributed by atoms with E-state index in [0.717, 1.165) is 11.8 Å². The summed E-state index contributed by atoms with van der Waals surface area (Å²) < 4.78 is 41.6. The van der Waals surface area contributed by atoms with Crippen LogP contribution in [0, 0.1) is 0 Å². The van der Waals surface area contributed by atoms with Crippen LogP contribution in [0.15, 0.2) is 40.9 Å². The number of pyridine rings is 1. The Morgan fingerprint density at radius 1 is 1.33 bits per heavy atom. The molecule has 0 atom stereocenters. The van der Waals surface area contributed by atoms with Crippen molar-refractivity contribution in [2.24, 2.45) is 10.7 Å². The minimum absolute atomic E-state index is 0.000107. The molecule has 0 saturated heterocycles. The molecule has 1 rings (SSSR count). The average molecular weight is 446 g/mol. The van der Waals surface area contributed by atoms with E-state index < -0.39 is 18.6 Å². The third kappa shape index (κ3) is 10.8. The fourth-order valence-corrected chi connectivity index (χ4v) is 3.09. The van der Waals surface area contributed by atoms with E-state index in [1.54, 1.807) is 25.3 Å². The quantitative estimate of drug-likeness (QED) is 0.318. The first-order valence-electron chi connectivity index (χ1n) is 9.09. The van der Waals surface area contributed by atoms with Crippen LogP contribution in [-0.2, 0) is 14.3 Å². The maximum Gasteiger partial charge on any atom is 0.389 e. The van der Waals surface area contributed by atoms with Crippen molar-refractivity contribution in [3.8, 4) is 0 Å². The Morgan fingerprint density at radius 3 is 2.63 bits per heavy atom. The summed E-state index contributed by atoms with van der Waals surface area (Å²) in [5.41, 5.74) is 7.11. The molecule has 0 aliphatic heterocycles. The van der Waals surface area contributed by atoms with Gasteiger partial charge in [-0.1, -0.05) is 0 Å². The lowest BCUT2D eigenvalue weighted by molar-refractivity contribution is -0.142. The number of nitrogens with two attached hydrogens (primary N) is 1. The number of halogens is 3. The van der Waals surface area contributed by atoms with Crippen molar-refractivity contribution in [3.63, 3.8) is 0 Å². The van der Waals surface area contributed by atoms with Crippen molar-refractivity contribution in [2.75, 3.05) is 24.7 Å². The number of aliphatic imine (C=N–C) groups is 1.